The molecule has 0 aromatic heterocycles. The van der Waals surface area contributed by atoms with E-state index in [1.807, 2.05) is 6.08 Å². The van der Waals surface area contributed by atoms with Crippen LogP contribution < -0.4 is 0 Å². The van der Waals surface area contributed by atoms with E-state index in [4.69, 9.17) is 4.74 Å². The van der Waals surface area contributed by atoms with Gasteiger partial charge in [-0.2, -0.15) is 0 Å². The molecule has 4 atom stereocenters. The third-order valence-electron chi connectivity index (χ3n) is 2.95. The summed E-state index contributed by atoms with van der Waals surface area (Å²) in [5, 5.41) is 18.6. The zero-order chi connectivity index (χ0) is 10.6. The Bertz CT molecular complexity index is 191. The van der Waals surface area contributed by atoms with Gasteiger partial charge in [-0.25, -0.2) is 0 Å². The summed E-state index contributed by atoms with van der Waals surface area (Å²) in [5.41, 5.74) is 0. The molecule has 0 heterocycles. The second-order valence-electron chi connectivity index (χ2n) is 4.10. The van der Waals surface area contributed by atoms with Crippen molar-refractivity contribution in [3.63, 3.8) is 0 Å². The van der Waals surface area contributed by atoms with Gasteiger partial charge in [0.25, 0.3) is 0 Å². The molecular weight excluding hydrogens is 180 g/mol. The molecule has 0 saturated heterocycles. The fraction of sp³-hybridized carbons (Fsp3) is 0.818. The molecule has 1 aliphatic rings. The van der Waals surface area contributed by atoms with Crippen LogP contribution in [0.5, 0.6) is 0 Å². The van der Waals surface area contributed by atoms with E-state index in [2.05, 4.69) is 13.0 Å². The van der Waals surface area contributed by atoms with Crippen molar-refractivity contribution in [2.24, 2.45) is 11.8 Å². The molecule has 0 aromatic carbocycles. The van der Waals surface area contributed by atoms with Crippen LogP contribution in [0.3, 0.4) is 0 Å². The minimum absolute atomic E-state index is 0.272. The first-order chi connectivity index (χ1) is 6.63. The van der Waals surface area contributed by atoms with Gasteiger partial charge < -0.3 is 14.9 Å². The fourth-order valence-corrected chi connectivity index (χ4v) is 1.89. The zero-order valence-corrected chi connectivity index (χ0v) is 8.89. The molecule has 4 unspecified atom stereocenters. The highest BCUT2D eigenvalue weighted by Gasteiger charge is 2.21. The average molecular weight is 200 g/mol. The summed E-state index contributed by atoms with van der Waals surface area (Å²) in [6, 6.07) is 0. The molecule has 0 amide bonds. The number of hydrogen-bond acceptors (Lipinski definition) is 3. The average Bonchev–Trinajstić information content (AvgIpc) is 2.18. The van der Waals surface area contributed by atoms with E-state index in [0.29, 0.717) is 18.3 Å². The van der Waals surface area contributed by atoms with Crippen LogP contribution >= 0.6 is 0 Å². The molecular formula is C11H20O3. The highest BCUT2D eigenvalue weighted by molar-refractivity contribution is 4.99. The van der Waals surface area contributed by atoms with Crippen LogP contribution in [0.2, 0.25) is 0 Å². The van der Waals surface area contributed by atoms with Crippen molar-refractivity contribution in [3.05, 3.63) is 12.2 Å². The maximum absolute atomic E-state index is 9.32. The molecule has 0 saturated carbocycles. The van der Waals surface area contributed by atoms with E-state index in [-0.39, 0.29) is 6.10 Å². The quantitative estimate of drug-likeness (QED) is 0.531. The van der Waals surface area contributed by atoms with Gasteiger partial charge in [-0.15, -0.1) is 0 Å². The van der Waals surface area contributed by atoms with Gasteiger partial charge in [0.2, 0.25) is 0 Å². The Balaban J connectivity index is 2.37. The van der Waals surface area contributed by atoms with E-state index >= 15 is 0 Å². The Morgan fingerprint density at radius 2 is 2.14 bits per heavy atom. The second kappa shape index (κ2) is 5.49. The number of methoxy groups -OCH3 is 1. The predicted octanol–water partition coefficient (Wildman–Crippen LogP) is 1.30. The second-order valence-corrected chi connectivity index (χ2v) is 4.10. The Labute approximate surface area is 85.4 Å². The summed E-state index contributed by atoms with van der Waals surface area (Å²) in [7, 11) is 1.51. The largest absolute Gasteiger partial charge is 0.389 e. The highest BCUT2D eigenvalue weighted by Crippen LogP contribution is 2.27. The van der Waals surface area contributed by atoms with Crippen LogP contribution in [0.1, 0.15) is 26.2 Å². The molecule has 82 valence electrons. The minimum Gasteiger partial charge on any atom is -0.389 e. The summed E-state index contributed by atoms with van der Waals surface area (Å²) < 4.78 is 4.81. The zero-order valence-electron chi connectivity index (χ0n) is 8.89. The Morgan fingerprint density at radius 1 is 1.43 bits per heavy atom. The predicted molar refractivity (Wildman–Crippen MR) is 54.7 cm³/mol. The fourth-order valence-electron chi connectivity index (χ4n) is 1.89. The minimum atomic E-state index is -0.662. The SMILES string of the molecule is COC(O)CC(C)C1C=CC(O)CC1. The monoisotopic (exact) mass is 200 g/mol. The normalized spacial score (nSPS) is 31.4. The van der Waals surface area contributed by atoms with Crippen molar-refractivity contribution in [1.82, 2.24) is 0 Å². The molecule has 1 rings (SSSR count). The number of ether oxygens (including phenoxy) is 1. The number of aliphatic hydroxyl groups is 2. The number of allylic oxidation sites excluding steroid dienone is 1. The number of rotatable bonds is 4. The van der Waals surface area contributed by atoms with Gasteiger partial charge in [-0.1, -0.05) is 19.1 Å². The van der Waals surface area contributed by atoms with Crippen molar-refractivity contribution in [2.75, 3.05) is 7.11 Å². The lowest BCUT2D eigenvalue weighted by Crippen LogP contribution is -2.22. The maximum atomic E-state index is 9.32. The molecule has 0 bridgehead atoms. The first-order valence-corrected chi connectivity index (χ1v) is 5.20. The van der Waals surface area contributed by atoms with Gasteiger partial charge in [0.15, 0.2) is 6.29 Å². The van der Waals surface area contributed by atoms with E-state index < -0.39 is 6.29 Å². The third-order valence-corrected chi connectivity index (χ3v) is 2.95. The number of hydrogen-bond donors (Lipinski definition) is 2. The first-order valence-electron chi connectivity index (χ1n) is 5.20. The molecule has 0 spiro atoms. The van der Waals surface area contributed by atoms with Crippen LogP contribution in [0.4, 0.5) is 0 Å². The molecule has 1 aliphatic carbocycles. The smallest absolute Gasteiger partial charge is 0.154 e. The topological polar surface area (TPSA) is 49.7 Å². The van der Waals surface area contributed by atoms with Gasteiger partial charge in [0.1, 0.15) is 0 Å². The summed E-state index contributed by atoms with van der Waals surface area (Å²) in [4.78, 5) is 0. The lowest BCUT2D eigenvalue weighted by atomic mass is 9.83. The molecule has 0 aromatic rings. The molecule has 0 aliphatic heterocycles. The molecule has 3 nitrogen and oxygen atoms in total. The van der Waals surface area contributed by atoms with E-state index in [9.17, 15) is 10.2 Å². The van der Waals surface area contributed by atoms with Crippen LogP contribution in [0.25, 0.3) is 0 Å². The van der Waals surface area contributed by atoms with Crippen molar-refractivity contribution in [1.29, 1.82) is 0 Å². The Hall–Kier alpha value is -0.380. The van der Waals surface area contributed by atoms with Crippen LogP contribution in [-0.4, -0.2) is 29.7 Å². The van der Waals surface area contributed by atoms with Crippen LogP contribution in [0, 0.1) is 11.8 Å². The van der Waals surface area contributed by atoms with Crippen molar-refractivity contribution >= 4 is 0 Å². The first kappa shape index (κ1) is 11.7. The Kier molecular flexibility index (Phi) is 4.58. The molecule has 0 fully saturated rings. The van der Waals surface area contributed by atoms with Gasteiger partial charge in [0, 0.05) is 13.5 Å². The molecule has 14 heavy (non-hydrogen) atoms. The standard InChI is InChI=1S/C11H20O3/c1-8(7-11(13)14-2)9-3-5-10(12)6-4-9/h3,5,8-13H,4,6-7H2,1-2H3. The van der Waals surface area contributed by atoms with E-state index in [1.165, 1.54) is 7.11 Å². The maximum Gasteiger partial charge on any atom is 0.154 e. The third kappa shape index (κ3) is 3.40. The molecule has 0 radical (unpaired) electrons. The lowest BCUT2D eigenvalue weighted by Gasteiger charge is -2.26. The van der Waals surface area contributed by atoms with Gasteiger partial charge in [-0.3, -0.25) is 0 Å². The van der Waals surface area contributed by atoms with Crippen LogP contribution in [0.15, 0.2) is 12.2 Å². The van der Waals surface area contributed by atoms with Gasteiger partial charge in [-0.05, 0) is 24.7 Å². The highest BCUT2D eigenvalue weighted by atomic mass is 16.6. The molecule has 3 heteroatoms. The van der Waals surface area contributed by atoms with Crippen molar-refractivity contribution < 1.29 is 14.9 Å². The van der Waals surface area contributed by atoms with Crippen LogP contribution in [-0.2, 0) is 4.74 Å². The Morgan fingerprint density at radius 3 is 2.64 bits per heavy atom. The lowest BCUT2D eigenvalue weighted by molar-refractivity contribution is -0.0890. The number of aliphatic hydroxyl groups excluding tert-OH is 2. The van der Waals surface area contributed by atoms with Gasteiger partial charge >= 0.3 is 0 Å². The summed E-state index contributed by atoms with van der Waals surface area (Å²) >= 11 is 0. The van der Waals surface area contributed by atoms with Crippen molar-refractivity contribution in [3.8, 4) is 0 Å². The summed E-state index contributed by atoms with van der Waals surface area (Å²) in [6.07, 6.45) is 5.45. The summed E-state index contributed by atoms with van der Waals surface area (Å²) in [5.74, 6) is 0.858. The van der Waals surface area contributed by atoms with Gasteiger partial charge in [0.05, 0.1) is 6.10 Å². The molecule has 2 N–H and O–H groups in total. The summed E-state index contributed by atoms with van der Waals surface area (Å²) in [6.45, 7) is 2.11. The van der Waals surface area contributed by atoms with E-state index in [0.717, 1.165) is 12.8 Å². The van der Waals surface area contributed by atoms with E-state index in [1.54, 1.807) is 0 Å². The van der Waals surface area contributed by atoms with Crippen molar-refractivity contribution in [2.45, 2.75) is 38.6 Å².